The molecule has 1 aromatic rings. The fraction of sp³-hybridized carbons (Fsp3) is 0.333. The SMILES string of the molecule is N#CCC1(N)C[C@@]1(C#N)c1ccc(Cl)c(Cl)c1. The molecule has 86 valence electrons. The van der Waals surface area contributed by atoms with Crippen molar-refractivity contribution in [1.82, 2.24) is 0 Å². The van der Waals surface area contributed by atoms with Gasteiger partial charge in [-0.1, -0.05) is 29.3 Å². The maximum atomic E-state index is 9.32. The van der Waals surface area contributed by atoms with Gasteiger partial charge in [0.25, 0.3) is 0 Å². The lowest BCUT2D eigenvalue weighted by Crippen LogP contribution is -2.32. The molecule has 5 heteroatoms. The maximum absolute atomic E-state index is 9.32. The van der Waals surface area contributed by atoms with Crippen molar-refractivity contribution in [1.29, 1.82) is 10.5 Å². The lowest BCUT2D eigenvalue weighted by molar-refractivity contribution is 0.618. The lowest BCUT2D eigenvalue weighted by atomic mass is 9.91. The van der Waals surface area contributed by atoms with Gasteiger partial charge in [0.1, 0.15) is 5.41 Å². The van der Waals surface area contributed by atoms with Gasteiger partial charge in [-0.3, -0.25) is 0 Å². The van der Waals surface area contributed by atoms with E-state index in [9.17, 15) is 5.26 Å². The molecular formula is C12H9Cl2N3. The fourth-order valence-corrected chi connectivity index (χ4v) is 2.45. The molecule has 0 radical (unpaired) electrons. The molecule has 17 heavy (non-hydrogen) atoms. The summed E-state index contributed by atoms with van der Waals surface area (Å²) in [4.78, 5) is 0. The van der Waals surface area contributed by atoms with Crippen molar-refractivity contribution in [2.24, 2.45) is 5.73 Å². The fourth-order valence-electron chi connectivity index (χ4n) is 2.15. The van der Waals surface area contributed by atoms with E-state index >= 15 is 0 Å². The number of nitrogens with zero attached hydrogens (tertiary/aromatic N) is 2. The van der Waals surface area contributed by atoms with Crippen LogP contribution in [0.3, 0.4) is 0 Å². The van der Waals surface area contributed by atoms with Gasteiger partial charge in [-0.05, 0) is 24.1 Å². The summed E-state index contributed by atoms with van der Waals surface area (Å²) >= 11 is 11.8. The van der Waals surface area contributed by atoms with Gasteiger partial charge in [-0.25, -0.2) is 0 Å². The molecule has 1 unspecified atom stereocenters. The third kappa shape index (κ3) is 1.68. The topological polar surface area (TPSA) is 73.6 Å². The Hall–Kier alpha value is -1.26. The number of hydrogen-bond acceptors (Lipinski definition) is 3. The molecule has 1 aromatic carbocycles. The van der Waals surface area contributed by atoms with Gasteiger partial charge in [0, 0.05) is 0 Å². The van der Waals surface area contributed by atoms with Crippen molar-refractivity contribution in [3.05, 3.63) is 33.8 Å². The Morgan fingerprint density at radius 3 is 2.53 bits per heavy atom. The highest BCUT2D eigenvalue weighted by atomic mass is 35.5. The second-order valence-corrected chi connectivity index (χ2v) is 5.13. The molecule has 0 aromatic heterocycles. The van der Waals surface area contributed by atoms with Gasteiger partial charge < -0.3 is 5.73 Å². The first-order valence-electron chi connectivity index (χ1n) is 5.02. The van der Waals surface area contributed by atoms with E-state index in [4.69, 9.17) is 34.2 Å². The Balaban J connectivity index is 2.44. The highest BCUT2D eigenvalue weighted by Crippen LogP contribution is 2.57. The summed E-state index contributed by atoms with van der Waals surface area (Å²) in [5, 5.41) is 18.9. The number of halogens is 2. The molecule has 0 amide bonds. The maximum Gasteiger partial charge on any atom is 0.103 e. The van der Waals surface area contributed by atoms with E-state index in [0.29, 0.717) is 16.5 Å². The van der Waals surface area contributed by atoms with Crippen LogP contribution in [0.15, 0.2) is 18.2 Å². The third-order valence-electron chi connectivity index (χ3n) is 3.30. The number of rotatable bonds is 2. The van der Waals surface area contributed by atoms with E-state index in [0.717, 1.165) is 5.56 Å². The van der Waals surface area contributed by atoms with Crippen LogP contribution >= 0.6 is 23.2 Å². The smallest absolute Gasteiger partial charge is 0.103 e. The van der Waals surface area contributed by atoms with Crippen LogP contribution < -0.4 is 5.73 Å². The Bertz CT molecular complexity index is 558. The normalized spacial score (nSPS) is 30.4. The zero-order valence-electron chi connectivity index (χ0n) is 8.87. The summed E-state index contributed by atoms with van der Waals surface area (Å²) in [6.07, 6.45) is 0.628. The summed E-state index contributed by atoms with van der Waals surface area (Å²) in [6, 6.07) is 9.27. The van der Waals surface area contributed by atoms with Crippen LogP contribution in [0.5, 0.6) is 0 Å². The third-order valence-corrected chi connectivity index (χ3v) is 4.04. The van der Waals surface area contributed by atoms with Crippen LogP contribution in [0.1, 0.15) is 18.4 Å². The van der Waals surface area contributed by atoms with Crippen LogP contribution in [-0.4, -0.2) is 5.54 Å². The molecule has 1 aliphatic carbocycles. The first-order chi connectivity index (χ1) is 7.99. The van der Waals surface area contributed by atoms with E-state index in [2.05, 4.69) is 6.07 Å². The molecule has 2 atom stereocenters. The molecule has 0 saturated heterocycles. The van der Waals surface area contributed by atoms with E-state index in [1.165, 1.54) is 0 Å². The Kier molecular flexibility index (Phi) is 2.79. The molecule has 2 rings (SSSR count). The van der Waals surface area contributed by atoms with Crippen molar-refractivity contribution >= 4 is 23.2 Å². The monoisotopic (exact) mass is 265 g/mol. The molecule has 1 aliphatic rings. The minimum Gasteiger partial charge on any atom is -0.323 e. The highest BCUT2D eigenvalue weighted by Gasteiger charge is 2.67. The summed E-state index contributed by atoms with van der Waals surface area (Å²) in [5.74, 6) is 0. The lowest BCUT2D eigenvalue weighted by Gasteiger charge is -2.14. The number of nitriles is 2. The molecule has 0 spiro atoms. The molecular weight excluding hydrogens is 257 g/mol. The van der Waals surface area contributed by atoms with E-state index in [1.807, 2.05) is 6.07 Å². The highest BCUT2D eigenvalue weighted by molar-refractivity contribution is 6.42. The molecule has 2 N–H and O–H groups in total. The Morgan fingerprint density at radius 2 is 2.00 bits per heavy atom. The molecule has 0 aliphatic heterocycles. The van der Waals surface area contributed by atoms with Crippen LogP contribution in [0.4, 0.5) is 0 Å². The average molecular weight is 266 g/mol. The summed E-state index contributed by atoms with van der Waals surface area (Å²) in [6.45, 7) is 0. The van der Waals surface area contributed by atoms with Crippen molar-refractivity contribution < 1.29 is 0 Å². The zero-order chi connectivity index (χ0) is 12.7. The van der Waals surface area contributed by atoms with Gasteiger partial charge in [0.2, 0.25) is 0 Å². The first-order valence-corrected chi connectivity index (χ1v) is 5.77. The van der Waals surface area contributed by atoms with Crippen LogP contribution in [-0.2, 0) is 5.41 Å². The van der Waals surface area contributed by atoms with Crippen LogP contribution in [0, 0.1) is 22.7 Å². The first kappa shape index (κ1) is 12.2. The van der Waals surface area contributed by atoms with Gasteiger partial charge in [-0.15, -0.1) is 0 Å². The largest absolute Gasteiger partial charge is 0.323 e. The van der Waals surface area contributed by atoms with Gasteiger partial charge >= 0.3 is 0 Å². The van der Waals surface area contributed by atoms with Crippen molar-refractivity contribution in [2.45, 2.75) is 23.8 Å². The second-order valence-electron chi connectivity index (χ2n) is 4.31. The van der Waals surface area contributed by atoms with E-state index in [1.54, 1.807) is 18.2 Å². The number of benzene rings is 1. The molecule has 0 heterocycles. The predicted molar refractivity (Wildman–Crippen MR) is 65.5 cm³/mol. The van der Waals surface area contributed by atoms with E-state index in [-0.39, 0.29) is 6.42 Å². The molecule has 1 saturated carbocycles. The van der Waals surface area contributed by atoms with Crippen molar-refractivity contribution in [3.8, 4) is 12.1 Å². The minimum absolute atomic E-state index is 0.154. The average Bonchev–Trinajstić information content (AvgIpc) is 2.89. The van der Waals surface area contributed by atoms with Crippen molar-refractivity contribution in [3.63, 3.8) is 0 Å². The van der Waals surface area contributed by atoms with E-state index < -0.39 is 11.0 Å². The van der Waals surface area contributed by atoms with Gasteiger partial charge in [0.05, 0.1) is 34.1 Å². The quantitative estimate of drug-likeness (QED) is 0.894. The number of hydrogen-bond donors (Lipinski definition) is 1. The van der Waals surface area contributed by atoms with Gasteiger partial charge in [0.15, 0.2) is 0 Å². The molecule has 3 nitrogen and oxygen atoms in total. The van der Waals surface area contributed by atoms with Gasteiger partial charge in [-0.2, -0.15) is 10.5 Å². The Morgan fingerprint density at radius 1 is 1.29 bits per heavy atom. The minimum atomic E-state index is -0.809. The standard InChI is InChI=1S/C12H9Cl2N3/c13-9-2-1-8(5-10(9)14)11(7-16)6-12(11,17)3-4-15/h1-2,5H,3,6,17H2/t11-,12?/m1/s1. The van der Waals surface area contributed by atoms with Crippen molar-refractivity contribution in [2.75, 3.05) is 0 Å². The number of nitrogens with two attached hydrogens (primary N) is 1. The summed E-state index contributed by atoms with van der Waals surface area (Å²) in [7, 11) is 0. The molecule has 1 fully saturated rings. The molecule has 0 bridgehead atoms. The summed E-state index contributed by atoms with van der Waals surface area (Å²) in [5.41, 5.74) is 5.20. The predicted octanol–water partition coefficient (Wildman–Crippen LogP) is 2.77. The zero-order valence-corrected chi connectivity index (χ0v) is 10.4. The summed E-state index contributed by atoms with van der Waals surface area (Å²) < 4.78 is 0. The second kappa shape index (κ2) is 3.89. The van der Waals surface area contributed by atoms with Crippen LogP contribution in [0.25, 0.3) is 0 Å². The van der Waals surface area contributed by atoms with Crippen LogP contribution in [0.2, 0.25) is 10.0 Å². The Labute approximate surface area is 109 Å².